The maximum absolute atomic E-state index is 13.2. The molecule has 0 spiro atoms. The van der Waals surface area contributed by atoms with Crippen LogP contribution in [-0.4, -0.2) is 17.0 Å². The highest BCUT2D eigenvalue weighted by molar-refractivity contribution is 6.30. The van der Waals surface area contributed by atoms with Crippen LogP contribution in [0.3, 0.4) is 0 Å². The largest absolute Gasteiger partial charge is 0.480 e. The van der Waals surface area contributed by atoms with E-state index in [1.807, 2.05) is 0 Å². The number of nitrogens with two attached hydrogens (primary N) is 1. The number of carboxylic acid groups (broad SMARTS) is 1. The maximum atomic E-state index is 13.2. The van der Waals surface area contributed by atoms with E-state index in [0.717, 1.165) is 6.07 Å². The predicted octanol–water partition coefficient (Wildman–Crippen LogP) is 1.60. The molecule has 0 bridgehead atoms. The van der Waals surface area contributed by atoms with Crippen LogP contribution in [0.1, 0.15) is 12.5 Å². The Bertz CT molecular complexity index is 462. The number of carboxylic acids is 1. The highest BCUT2D eigenvalue weighted by Crippen LogP contribution is 2.25. The summed E-state index contributed by atoms with van der Waals surface area (Å²) < 4.78 is 13.2. The Morgan fingerprint density at radius 3 is 2.53 bits per heavy atom. The molecule has 0 saturated carbocycles. The molecular weight excluding hydrogens is 249 g/mol. The standard InChI is InChI=1S/C11H11ClFNO3/c1-11(9(14)15,10(16)17)5-6-2-3-7(12)8(13)4-6/h2-4H,5H2,1H3,(H2,14,15)(H,16,17). The van der Waals surface area contributed by atoms with Crippen LogP contribution in [0.25, 0.3) is 0 Å². The number of carbonyl (C=O) groups is 2. The predicted molar refractivity (Wildman–Crippen MR) is 60.1 cm³/mol. The Labute approximate surface area is 102 Å². The molecule has 0 aliphatic heterocycles. The monoisotopic (exact) mass is 259 g/mol. The third kappa shape index (κ3) is 2.74. The van der Waals surface area contributed by atoms with Gasteiger partial charge in [-0.15, -0.1) is 0 Å². The van der Waals surface area contributed by atoms with Gasteiger partial charge in [0.1, 0.15) is 11.2 Å². The summed E-state index contributed by atoms with van der Waals surface area (Å²) in [7, 11) is 0. The van der Waals surface area contributed by atoms with Crippen LogP contribution in [0.4, 0.5) is 4.39 Å². The van der Waals surface area contributed by atoms with E-state index in [2.05, 4.69) is 0 Å². The summed E-state index contributed by atoms with van der Waals surface area (Å²) in [6, 6.07) is 3.84. The van der Waals surface area contributed by atoms with Crippen molar-refractivity contribution in [1.29, 1.82) is 0 Å². The first-order chi connectivity index (χ1) is 7.77. The van der Waals surface area contributed by atoms with Crippen molar-refractivity contribution in [2.75, 3.05) is 0 Å². The zero-order valence-corrected chi connectivity index (χ0v) is 9.79. The van der Waals surface area contributed by atoms with E-state index in [9.17, 15) is 14.0 Å². The number of benzene rings is 1. The Morgan fingerprint density at radius 2 is 2.12 bits per heavy atom. The molecule has 17 heavy (non-hydrogen) atoms. The molecular formula is C11H11ClFNO3. The van der Waals surface area contributed by atoms with Crippen LogP contribution >= 0.6 is 11.6 Å². The van der Waals surface area contributed by atoms with Gasteiger partial charge < -0.3 is 10.8 Å². The van der Waals surface area contributed by atoms with E-state index >= 15 is 0 Å². The van der Waals surface area contributed by atoms with E-state index in [1.54, 1.807) is 0 Å². The third-order valence-electron chi connectivity index (χ3n) is 2.56. The summed E-state index contributed by atoms with van der Waals surface area (Å²) in [5.41, 5.74) is 3.63. The van der Waals surface area contributed by atoms with Crippen molar-refractivity contribution < 1.29 is 19.1 Å². The molecule has 1 atom stereocenters. The SMILES string of the molecule is CC(Cc1ccc(Cl)c(F)c1)(C(N)=O)C(=O)O. The molecule has 0 aromatic heterocycles. The third-order valence-corrected chi connectivity index (χ3v) is 2.86. The van der Waals surface area contributed by atoms with Gasteiger partial charge in [-0.1, -0.05) is 17.7 Å². The molecule has 1 rings (SSSR count). The summed E-state index contributed by atoms with van der Waals surface area (Å²) in [6.07, 6.45) is -0.189. The second-order valence-electron chi connectivity index (χ2n) is 3.93. The first kappa shape index (κ1) is 13.4. The van der Waals surface area contributed by atoms with Crippen LogP contribution in [0.2, 0.25) is 5.02 Å². The van der Waals surface area contributed by atoms with Gasteiger partial charge in [0.2, 0.25) is 5.91 Å². The first-order valence-corrected chi connectivity index (χ1v) is 5.12. The van der Waals surface area contributed by atoms with Crippen LogP contribution in [0, 0.1) is 11.2 Å². The molecule has 3 N–H and O–H groups in total. The molecule has 0 fully saturated rings. The normalized spacial score (nSPS) is 14.1. The topological polar surface area (TPSA) is 80.4 Å². The van der Waals surface area contributed by atoms with E-state index in [-0.39, 0.29) is 11.4 Å². The smallest absolute Gasteiger partial charge is 0.319 e. The van der Waals surface area contributed by atoms with Gasteiger partial charge in [-0.25, -0.2) is 4.39 Å². The molecule has 1 aromatic rings. The average molecular weight is 260 g/mol. The summed E-state index contributed by atoms with van der Waals surface area (Å²) in [4.78, 5) is 22.1. The Balaban J connectivity index is 3.07. The van der Waals surface area contributed by atoms with Crippen molar-refractivity contribution in [3.05, 3.63) is 34.6 Å². The average Bonchev–Trinajstić information content (AvgIpc) is 2.22. The zero-order valence-electron chi connectivity index (χ0n) is 9.04. The molecule has 1 aromatic carbocycles. The number of halogens is 2. The fourth-order valence-electron chi connectivity index (χ4n) is 1.33. The molecule has 0 saturated heterocycles. The van der Waals surface area contributed by atoms with Gasteiger partial charge >= 0.3 is 5.97 Å². The summed E-state index contributed by atoms with van der Waals surface area (Å²) in [5.74, 6) is -2.98. The van der Waals surface area contributed by atoms with Crippen LogP contribution in [-0.2, 0) is 16.0 Å². The molecule has 0 aliphatic carbocycles. The van der Waals surface area contributed by atoms with Crippen molar-refractivity contribution in [2.45, 2.75) is 13.3 Å². The summed E-state index contributed by atoms with van der Waals surface area (Å²) >= 11 is 5.49. The van der Waals surface area contributed by atoms with Crippen LogP contribution < -0.4 is 5.73 Å². The number of primary amides is 1. The van der Waals surface area contributed by atoms with Gasteiger partial charge in [0.05, 0.1) is 5.02 Å². The molecule has 4 nitrogen and oxygen atoms in total. The van der Waals surface area contributed by atoms with Crippen LogP contribution in [0.5, 0.6) is 0 Å². The molecule has 1 unspecified atom stereocenters. The Hall–Kier alpha value is -1.62. The number of aliphatic carboxylic acids is 1. The van der Waals surface area contributed by atoms with E-state index < -0.39 is 23.1 Å². The van der Waals surface area contributed by atoms with Crippen molar-refractivity contribution in [1.82, 2.24) is 0 Å². The van der Waals surface area contributed by atoms with E-state index in [1.165, 1.54) is 19.1 Å². The van der Waals surface area contributed by atoms with Crippen molar-refractivity contribution in [2.24, 2.45) is 11.1 Å². The minimum absolute atomic E-state index is 0.0650. The number of amides is 1. The fraction of sp³-hybridized carbons (Fsp3) is 0.273. The van der Waals surface area contributed by atoms with Gasteiger partial charge in [-0.05, 0) is 31.0 Å². The van der Waals surface area contributed by atoms with E-state index in [0.29, 0.717) is 5.56 Å². The van der Waals surface area contributed by atoms with Gasteiger partial charge in [0.25, 0.3) is 0 Å². The summed E-state index contributed by atoms with van der Waals surface area (Å²) in [6.45, 7) is 1.20. The highest BCUT2D eigenvalue weighted by atomic mass is 35.5. The maximum Gasteiger partial charge on any atom is 0.319 e. The Kier molecular flexibility index (Phi) is 3.72. The van der Waals surface area contributed by atoms with Crippen molar-refractivity contribution in [3.8, 4) is 0 Å². The minimum Gasteiger partial charge on any atom is -0.480 e. The highest BCUT2D eigenvalue weighted by Gasteiger charge is 2.39. The van der Waals surface area contributed by atoms with E-state index in [4.69, 9.17) is 22.4 Å². The Morgan fingerprint density at radius 1 is 1.53 bits per heavy atom. The lowest BCUT2D eigenvalue weighted by molar-refractivity contribution is -0.153. The first-order valence-electron chi connectivity index (χ1n) is 4.74. The number of hydrogen-bond donors (Lipinski definition) is 2. The number of carbonyl (C=O) groups excluding carboxylic acids is 1. The molecule has 0 heterocycles. The van der Waals surface area contributed by atoms with Gasteiger partial charge in [0, 0.05) is 0 Å². The van der Waals surface area contributed by atoms with Gasteiger partial charge in [-0.3, -0.25) is 9.59 Å². The molecule has 6 heteroatoms. The minimum atomic E-state index is -1.76. The fourth-order valence-corrected chi connectivity index (χ4v) is 1.44. The second-order valence-corrected chi connectivity index (χ2v) is 4.33. The van der Waals surface area contributed by atoms with Gasteiger partial charge in [0.15, 0.2) is 0 Å². The lowest BCUT2D eigenvalue weighted by Crippen LogP contribution is -2.43. The summed E-state index contributed by atoms with van der Waals surface area (Å²) in [5, 5.41) is 8.90. The zero-order chi connectivity index (χ0) is 13.2. The number of hydrogen-bond acceptors (Lipinski definition) is 2. The second kappa shape index (κ2) is 4.71. The van der Waals surface area contributed by atoms with Crippen molar-refractivity contribution in [3.63, 3.8) is 0 Å². The number of rotatable bonds is 4. The molecule has 92 valence electrons. The van der Waals surface area contributed by atoms with Gasteiger partial charge in [-0.2, -0.15) is 0 Å². The molecule has 1 amide bonds. The van der Waals surface area contributed by atoms with Crippen molar-refractivity contribution >= 4 is 23.5 Å². The molecule has 0 radical (unpaired) electrons. The quantitative estimate of drug-likeness (QED) is 0.806. The van der Waals surface area contributed by atoms with Crippen LogP contribution in [0.15, 0.2) is 18.2 Å². The lowest BCUT2D eigenvalue weighted by atomic mass is 9.83. The molecule has 0 aliphatic rings. The lowest BCUT2D eigenvalue weighted by Gasteiger charge is -2.20.